The molecule has 0 saturated carbocycles. The molecule has 1 saturated heterocycles. The summed E-state index contributed by atoms with van der Waals surface area (Å²) in [6.07, 6.45) is 2.41. The van der Waals surface area contributed by atoms with Crippen molar-refractivity contribution in [3.05, 3.63) is 89.6 Å². The molecule has 0 bridgehead atoms. The number of ether oxygens (including phenoxy) is 1. The standard InChI is InChI=1S/C29H35FN4O4/c1-2-23-5-3-6-26(19-23)31-29(36)33(13-12-32-14-17-37-18-15-32)22-28(35)34(21-27-7-4-16-38-27)20-24-8-10-25(30)11-9-24/h3-11,16,19H,2,12-15,17-18,20-22H2,1H3,(H,31,36). The van der Waals surface area contributed by atoms with Crippen LogP contribution in [0, 0.1) is 5.82 Å². The van der Waals surface area contributed by atoms with E-state index in [1.807, 2.05) is 24.3 Å². The lowest BCUT2D eigenvalue weighted by Gasteiger charge is -2.31. The molecule has 1 N–H and O–H groups in total. The summed E-state index contributed by atoms with van der Waals surface area (Å²) in [4.78, 5) is 32.4. The summed E-state index contributed by atoms with van der Waals surface area (Å²) in [5.41, 5.74) is 2.59. The summed E-state index contributed by atoms with van der Waals surface area (Å²) in [5, 5.41) is 2.96. The zero-order valence-electron chi connectivity index (χ0n) is 21.8. The zero-order chi connectivity index (χ0) is 26.7. The summed E-state index contributed by atoms with van der Waals surface area (Å²) >= 11 is 0. The second kappa shape index (κ2) is 13.7. The van der Waals surface area contributed by atoms with Crippen LogP contribution in [-0.2, 0) is 29.0 Å². The van der Waals surface area contributed by atoms with Gasteiger partial charge < -0.3 is 24.3 Å². The largest absolute Gasteiger partial charge is 0.467 e. The molecule has 9 heteroatoms. The fraction of sp³-hybridized carbons (Fsp3) is 0.379. The molecule has 0 spiro atoms. The number of anilines is 1. The van der Waals surface area contributed by atoms with Crippen LogP contribution < -0.4 is 5.32 Å². The van der Waals surface area contributed by atoms with Crippen LogP contribution >= 0.6 is 0 Å². The van der Waals surface area contributed by atoms with Gasteiger partial charge in [-0.05, 0) is 53.9 Å². The maximum absolute atomic E-state index is 13.6. The van der Waals surface area contributed by atoms with Crippen molar-refractivity contribution in [3.63, 3.8) is 0 Å². The summed E-state index contributed by atoms with van der Waals surface area (Å²) in [5.74, 6) is 0.0575. The van der Waals surface area contributed by atoms with Crippen LogP contribution in [-0.4, -0.2) is 72.6 Å². The predicted octanol–water partition coefficient (Wildman–Crippen LogP) is 4.38. The molecule has 2 aromatic carbocycles. The number of aryl methyl sites for hydroxylation is 1. The highest BCUT2D eigenvalue weighted by Crippen LogP contribution is 2.15. The van der Waals surface area contributed by atoms with Crippen molar-refractivity contribution in [1.29, 1.82) is 0 Å². The number of hydrogen-bond donors (Lipinski definition) is 1. The van der Waals surface area contributed by atoms with Gasteiger partial charge in [0.05, 0.1) is 26.0 Å². The third kappa shape index (κ3) is 8.16. The van der Waals surface area contributed by atoms with Crippen molar-refractivity contribution in [2.24, 2.45) is 0 Å². The summed E-state index contributed by atoms with van der Waals surface area (Å²) < 4.78 is 24.4. The van der Waals surface area contributed by atoms with Crippen molar-refractivity contribution in [2.75, 3.05) is 51.3 Å². The summed E-state index contributed by atoms with van der Waals surface area (Å²) in [6.45, 7) is 6.36. The Kier molecular flexibility index (Phi) is 9.89. The Labute approximate surface area is 223 Å². The molecule has 3 amide bonds. The van der Waals surface area contributed by atoms with Crippen molar-refractivity contribution in [1.82, 2.24) is 14.7 Å². The lowest BCUT2D eigenvalue weighted by molar-refractivity contribution is -0.133. The van der Waals surface area contributed by atoms with Gasteiger partial charge in [0.2, 0.25) is 5.91 Å². The molecule has 38 heavy (non-hydrogen) atoms. The first-order valence-corrected chi connectivity index (χ1v) is 13.0. The van der Waals surface area contributed by atoms with Gasteiger partial charge in [-0.15, -0.1) is 0 Å². The van der Waals surface area contributed by atoms with E-state index in [9.17, 15) is 14.0 Å². The second-order valence-electron chi connectivity index (χ2n) is 9.32. The minimum atomic E-state index is -0.337. The SMILES string of the molecule is CCc1cccc(NC(=O)N(CCN2CCOCC2)CC(=O)N(Cc2ccc(F)cc2)Cc2ccco2)c1. The van der Waals surface area contributed by atoms with Gasteiger partial charge in [0.15, 0.2) is 0 Å². The molecule has 1 fully saturated rings. The molecule has 202 valence electrons. The third-order valence-electron chi connectivity index (χ3n) is 6.56. The number of furan rings is 1. The average molecular weight is 523 g/mol. The Morgan fingerprint density at radius 3 is 2.47 bits per heavy atom. The number of carbonyl (C=O) groups excluding carboxylic acids is 2. The van der Waals surface area contributed by atoms with Gasteiger partial charge in [0.25, 0.3) is 0 Å². The number of nitrogens with one attached hydrogen (secondary N) is 1. The first-order valence-electron chi connectivity index (χ1n) is 13.0. The van der Waals surface area contributed by atoms with E-state index in [4.69, 9.17) is 9.15 Å². The molecule has 0 aliphatic carbocycles. The van der Waals surface area contributed by atoms with Gasteiger partial charge in [-0.25, -0.2) is 9.18 Å². The van der Waals surface area contributed by atoms with Crippen molar-refractivity contribution in [3.8, 4) is 0 Å². The third-order valence-corrected chi connectivity index (χ3v) is 6.56. The minimum absolute atomic E-state index is 0.106. The van der Waals surface area contributed by atoms with E-state index in [2.05, 4.69) is 17.1 Å². The molecule has 2 heterocycles. The molecule has 4 rings (SSSR count). The first-order chi connectivity index (χ1) is 18.5. The average Bonchev–Trinajstić information content (AvgIpc) is 3.45. The molecule has 3 aromatic rings. The Balaban J connectivity index is 1.49. The van der Waals surface area contributed by atoms with Crippen molar-refractivity contribution in [2.45, 2.75) is 26.4 Å². The first kappa shape index (κ1) is 27.3. The number of halogens is 1. The lowest BCUT2D eigenvalue weighted by Crippen LogP contribution is -2.48. The molecule has 0 radical (unpaired) electrons. The predicted molar refractivity (Wildman–Crippen MR) is 143 cm³/mol. The van der Waals surface area contributed by atoms with Gasteiger partial charge in [0, 0.05) is 38.4 Å². The summed E-state index contributed by atoms with van der Waals surface area (Å²) in [6, 6.07) is 17.0. The van der Waals surface area contributed by atoms with E-state index < -0.39 is 0 Å². The van der Waals surface area contributed by atoms with Crippen LogP contribution in [0.2, 0.25) is 0 Å². The number of morpholine rings is 1. The van der Waals surface area contributed by atoms with Crippen molar-refractivity contribution < 1.29 is 23.1 Å². The van der Waals surface area contributed by atoms with Crippen molar-refractivity contribution >= 4 is 17.6 Å². The Hall–Kier alpha value is -3.69. The Morgan fingerprint density at radius 2 is 1.76 bits per heavy atom. The summed E-state index contributed by atoms with van der Waals surface area (Å²) in [7, 11) is 0. The van der Waals surface area contributed by atoms with Crippen LogP contribution in [0.4, 0.5) is 14.9 Å². The van der Waals surface area contributed by atoms with E-state index in [1.165, 1.54) is 12.1 Å². The highest BCUT2D eigenvalue weighted by Gasteiger charge is 2.24. The number of amides is 3. The smallest absolute Gasteiger partial charge is 0.322 e. The number of urea groups is 1. The van der Waals surface area contributed by atoms with E-state index in [0.717, 1.165) is 30.6 Å². The van der Waals surface area contributed by atoms with Crippen LogP contribution in [0.3, 0.4) is 0 Å². The minimum Gasteiger partial charge on any atom is -0.467 e. The van der Waals surface area contributed by atoms with E-state index in [1.54, 1.807) is 40.3 Å². The Bertz CT molecular complexity index is 1160. The molecular weight excluding hydrogens is 487 g/mol. The fourth-order valence-corrected chi connectivity index (χ4v) is 4.31. The van der Waals surface area contributed by atoms with Gasteiger partial charge >= 0.3 is 6.03 Å². The van der Waals surface area contributed by atoms with Crippen LogP contribution in [0.25, 0.3) is 0 Å². The maximum Gasteiger partial charge on any atom is 0.322 e. The number of nitrogens with zero attached hydrogens (tertiary/aromatic N) is 3. The van der Waals surface area contributed by atoms with E-state index in [0.29, 0.717) is 37.8 Å². The van der Waals surface area contributed by atoms with Crippen LogP contribution in [0.1, 0.15) is 23.8 Å². The number of hydrogen-bond acceptors (Lipinski definition) is 5. The normalized spacial score (nSPS) is 13.7. The van der Waals surface area contributed by atoms with Gasteiger partial charge in [-0.3, -0.25) is 9.69 Å². The van der Waals surface area contributed by atoms with Crippen LogP contribution in [0.5, 0.6) is 0 Å². The van der Waals surface area contributed by atoms with E-state index in [-0.39, 0.29) is 37.4 Å². The molecule has 1 aliphatic heterocycles. The number of carbonyl (C=O) groups is 2. The second-order valence-corrected chi connectivity index (χ2v) is 9.32. The highest BCUT2D eigenvalue weighted by atomic mass is 19.1. The quantitative estimate of drug-likeness (QED) is 0.405. The highest BCUT2D eigenvalue weighted by molar-refractivity contribution is 5.92. The number of rotatable bonds is 11. The lowest BCUT2D eigenvalue weighted by atomic mass is 10.1. The molecular formula is C29H35FN4O4. The molecule has 0 unspecified atom stereocenters. The fourth-order valence-electron chi connectivity index (χ4n) is 4.31. The van der Waals surface area contributed by atoms with Crippen LogP contribution in [0.15, 0.2) is 71.3 Å². The van der Waals surface area contributed by atoms with E-state index >= 15 is 0 Å². The molecule has 0 atom stereocenters. The maximum atomic E-state index is 13.6. The molecule has 8 nitrogen and oxygen atoms in total. The monoisotopic (exact) mass is 522 g/mol. The van der Waals surface area contributed by atoms with Gasteiger partial charge in [-0.2, -0.15) is 0 Å². The number of benzene rings is 2. The molecule has 1 aromatic heterocycles. The van der Waals surface area contributed by atoms with Gasteiger partial charge in [0.1, 0.15) is 18.1 Å². The van der Waals surface area contributed by atoms with Gasteiger partial charge in [-0.1, -0.05) is 31.2 Å². The Morgan fingerprint density at radius 1 is 0.974 bits per heavy atom. The topological polar surface area (TPSA) is 78.3 Å². The molecule has 1 aliphatic rings. The zero-order valence-corrected chi connectivity index (χ0v) is 21.8.